The lowest BCUT2D eigenvalue weighted by molar-refractivity contribution is -0.231. The predicted octanol–water partition coefficient (Wildman–Crippen LogP) is 7.79. The van der Waals surface area contributed by atoms with E-state index in [-0.39, 0.29) is 18.7 Å². The number of aliphatic hydroxyl groups is 3. The molecule has 5 atom stereocenters. The lowest BCUT2D eigenvalue weighted by Crippen LogP contribution is -2.68. The zero-order valence-corrected chi connectivity index (χ0v) is 32.0. The maximum Gasteiger partial charge on any atom is 0.303 e. The smallest absolute Gasteiger partial charge is 0.303 e. The Morgan fingerprint density at radius 1 is 0.580 bits per heavy atom. The van der Waals surface area contributed by atoms with Crippen molar-refractivity contribution in [1.82, 2.24) is 10.2 Å². The van der Waals surface area contributed by atoms with Crippen LogP contribution in [-0.2, 0) is 19.1 Å². The molecule has 1 fully saturated rings. The summed E-state index contributed by atoms with van der Waals surface area (Å²) in [4.78, 5) is 39.0. The molecule has 0 aromatic carbocycles. The number of unbranched alkanes of at least 4 members (excludes halogenated alkanes) is 23. The number of nitrogens with one attached hydrogen (secondary N) is 1. The molecule has 0 spiro atoms. The monoisotopic (exact) mass is 713 g/mol. The van der Waals surface area contributed by atoms with Gasteiger partial charge in [0.1, 0.15) is 24.4 Å². The van der Waals surface area contributed by atoms with Gasteiger partial charge >= 0.3 is 5.97 Å². The van der Waals surface area contributed by atoms with Crippen molar-refractivity contribution in [3.63, 3.8) is 0 Å². The van der Waals surface area contributed by atoms with Gasteiger partial charge in [0.15, 0.2) is 6.23 Å². The van der Waals surface area contributed by atoms with Crippen molar-refractivity contribution < 1.29 is 39.5 Å². The van der Waals surface area contributed by atoms with Crippen molar-refractivity contribution in [2.24, 2.45) is 0 Å². The Labute approximate surface area is 304 Å². The molecule has 0 saturated carbocycles. The molecule has 1 heterocycles. The van der Waals surface area contributed by atoms with Crippen molar-refractivity contribution in [2.75, 3.05) is 13.2 Å². The fourth-order valence-corrected chi connectivity index (χ4v) is 6.95. The Morgan fingerprint density at radius 3 is 1.42 bits per heavy atom. The second-order valence-electron chi connectivity index (χ2n) is 14.7. The fraction of sp³-hybridized carbons (Fsp3) is 0.925. The summed E-state index contributed by atoms with van der Waals surface area (Å²) in [5.41, 5.74) is 0. The van der Waals surface area contributed by atoms with Gasteiger partial charge in [0, 0.05) is 19.4 Å². The number of carbonyl (C=O) groups is 3. The van der Waals surface area contributed by atoms with Gasteiger partial charge in [0.25, 0.3) is 0 Å². The lowest BCUT2D eigenvalue weighted by Gasteiger charge is -2.47. The number of aliphatic carboxylic acids is 1. The summed E-state index contributed by atoms with van der Waals surface area (Å²) in [5, 5.41) is 43.2. The van der Waals surface area contributed by atoms with Gasteiger partial charge < -0.3 is 35.4 Å². The van der Waals surface area contributed by atoms with Crippen molar-refractivity contribution in [3.05, 3.63) is 0 Å². The Bertz CT molecular complexity index is 859. The number of carboxylic acid groups (broad SMARTS) is 1. The summed E-state index contributed by atoms with van der Waals surface area (Å²) < 4.78 is 6.03. The van der Waals surface area contributed by atoms with Crippen LogP contribution in [0.1, 0.15) is 194 Å². The van der Waals surface area contributed by atoms with Crippen LogP contribution < -0.4 is 5.32 Å². The van der Waals surface area contributed by atoms with E-state index in [1.165, 1.54) is 109 Å². The number of amides is 2. The molecule has 1 saturated heterocycles. The minimum Gasteiger partial charge on any atom is -0.481 e. The summed E-state index contributed by atoms with van der Waals surface area (Å²) in [5.74, 6) is -1.89. The largest absolute Gasteiger partial charge is 0.481 e. The van der Waals surface area contributed by atoms with Crippen molar-refractivity contribution in [2.45, 2.75) is 224 Å². The molecule has 50 heavy (non-hydrogen) atoms. The minimum atomic E-state index is -1.51. The number of ether oxygens (including phenoxy) is 1. The summed E-state index contributed by atoms with van der Waals surface area (Å²) in [6, 6.07) is -1.16. The van der Waals surface area contributed by atoms with Crippen LogP contribution in [0.25, 0.3) is 0 Å². The lowest BCUT2D eigenvalue weighted by atomic mass is 9.94. The van der Waals surface area contributed by atoms with Gasteiger partial charge in [-0.15, -0.1) is 0 Å². The molecule has 10 heteroatoms. The molecule has 0 unspecified atom stereocenters. The highest BCUT2D eigenvalue weighted by Gasteiger charge is 2.48. The first kappa shape index (κ1) is 46.3. The van der Waals surface area contributed by atoms with Crippen LogP contribution in [0.5, 0.6) is 0 Å². The Balaban J connectivity index is 2.67. The highest BCUT2D eigenvalue weighted by atomic mass is 16.5. The summed E-state index contributed by atoms with van der Waals surface area (Å²) in [6.07, 6.45) is 24.2. The van der Waals surface area contributed by atoms with E-state index in [2.05, 4.69) is 19.2 Å². The first-order valence-corrected chi connectivity index (χ1v) is 20.7. The van der Waals surface area contributed by atoms with E-state index in [1.807, 2.05) is 0 Å². The quantitative estimate of drug-likeness (QED) is 0.0432. The zero-order chi connectivity index (χ0) is 36.8. The third-order valence-corrected chi connectivity index (χ3v) is 10.2. The van der Waals surface area contributed by atoms with Crippen LogP contribution in [0, 0.1) is 0 Å². The van der Waals surface area contributed by atoms with Crippen LogP contribution in [0.15, 0.2) is 0 Å². The standard InChI is InChI=1S/C40H76N2O8/c1-3-5-7-9-11-13-15-16-17-18-19-20-22-24-26-28-35(45)42(31-27-25-23-21-14-12-10-8-6-4-2)40-37(41-34(44)29-30-36(46)47)39(49)38(48)33(32-43)50-40/h33,37-40,43,48-49H,3-32H2,1-2H3,(H,41,44)(H,46,47)/t33-,37-,38+,39-,40-/m1/s1. The molecule has 0 aromatic rings. The molecule has 0 aliphatic carbocycles. The minimum absolute atomic E-state index is 0.148. The van der Waals surface area contributed by atoms with Gasteiger partial charge in [0.05, 0.1) is 13.0 Å². The number of nitrogens with zero attached hydrogens (tertiary/aromatic N) is 1. The molecular formula is C40H76N2O8. The molecule has 294 valence electrons. The number of carbonyl (C=O) groups excluding carboxylic acids is 2. The predicted molar refractivity (Wildman–Crippen MR) is 200 cm³/mol. The van der Waals surface area contributed by atoms with Gasteiger partial charge in [0.2, 0.25) is 11.8 Å². The summed E-state index contributed by atoms with van der Waals surface area (Å²) in [7, 11) is 0. The molecule has 10 nitrogen and oxygen atoms in total. The van der Waals surface area contributed by atoms with Crippen LogP contribution in [0.2, 0.25) is 0 Å². The van der Waals surface area contributed by atoms with Crippen LogP contribution in [0.3, 0.4) is 0 Å². The van der Waals surface area contributed by atoms with E-state index in [1.54, 1.807) is 4.90 Å². The number of rotatable bonds is 33. The average Bonchev–Trinajstić information content (AvgIpc) is 3.10. The topological polar surface area (TPSA) is 157 Å². The third kappa shape index (κ3) is 21.6. The van der Waals surface area contributed by atoms with Gasteiger partial charge in [-0.25, -0.2) is 0 Å². The molecule has 2 amide bonds. The highest BCUT2D eigenvalue weighted by molar-refractivity contribution is 5.81. The molecule has 0 aromatic heterocycles. The molecule has 0 bridgehead atoms. The van der Waals surface area contributed by atoms with E-state index in [4.69, 9.17) is 9.84 Å². The van der Waals surface area contributed by atoms with Crippen LogP contribution in [0.4, 0.5) is 0 Å². The SMILES string of the molecule is CCCCCCCCCCCCCCCCCC(=O)N(CCCCCCCCCCCC)[C@@H]1O[C@H](CO)[C@H](O)[C@H](O)[C@H]1NC(=O)CCC(=O)O. The van der Waals surface area contributed by atoms with E-state index in [0.29, 0.717) is 13.0 Å². The number of aliphatic hydroxyl groups excluding tert-OH is 3. The van der Waals surface area contributed by atoms with Gasteiger partial charge in [-0.3, -0.25) is 14.4 Å². The number of hydrogen-bond acceptors (Lipinski definition) is 7. The number of carboxylic acids is 1. The van der Waals surface area contributed by atoms with Gasteiger partial charge in [-0.1, -0.05) is 162 Å². The first-order valence-electron chi connectivity index (χ1n) is 20.7. The Morgan fingerprint density at radius 2 is 1.00 bits per heavy atom. The molecule has 1 aliphatic rings. The molecule has 1 rings (SSSR count). The van der Waals surface area contributed by atoms with Crippen LogP contribution >= 0.6 is 0 Å². The highest BCUT2D eigenvalue weighted by Crippen LogP contribution is 2.26. The van der Waals surface area contributed by atoms with E-state index in [9.17, 15) is 29.7 Å². The number of hydrogen-bond donors (Lipinski definition) is 5. The fourth-order valence-electron chi connectivity index (χ4n) is 6.95. The van der Waals surface area contributed by atoms with Crippen molar-refractivity contribution in [3.8, 4) is 0 Å². The third-order valence-electron chi connectivity index (χ3n) is 10.2. The van der Waals surface area contributed by atoms with Crippen LogP contribution in [-0.4, -0.2) is 86.8 Å². The van der Waals surface area contributed by atoms with E-state index < -0.39 is 49.1 Å². The van der Waals surface area contributed by atoms with Gasteiger partial charge in [-0.05, 0) is 12.8 Å². The first-order chi connectivity index (χ1) is 24.3. The van der Waals surface area contributed by atoms with Crippen molar-refractivity contribution >= 4 is 17.8 Å². The second-order valence-corrected chi connectivity index (χ2v) is 14.7. The van der Waals surface area contributed by atoms with Crippen molar-refractivity contribution in [1.29, 1.82) is 0 Å². The normalized spacial score (nSPS) is 20.5. The van der Waals surface area contributed by atoms with E-state index in [0.717, 1.165) is 51.4 Å². The summed E-state index contributed by atoms with van der Waals surface area (Å²) >= 11 is 0. The van der Waals surface area contributed by atoms with Gasteiger partial charge in [-0.2, -0.15) is 0 Å². The molecule has 0 radical (unpaired) electrons. The molecule has 1 aliphatic heterocycles. The molecule has 5 N–H and O–H groups in total. The summed E-state index contributed by atoms with van der Waals surface area (Å²) in [6.45, 7) is 4.27. The maximum absolute atomic E-state index is 13.7. The second kappa shape index (κ2) is 30.8. The van der Waals surface area contributed by atoms with E-state index >= 15 is 0 Å². The Kier molecular flexibility index (Phi) is 28.5. The maximum atomic E-state index is 13.7. The average molecular weight is 713 g/mol. The Hall–Kier alpha value is -1.75. The molecular weight excluding hydrogens is 636 g/mol. The zero-order valence-electron chi connectivity index (χ0n) is 32.0.